The van der Waals surface area contributed by atoms with Crippen LogP contribution >= 0.6 is 11.6 Å². The maximum absolute atomic E-state index is 11.7. The Balaban J connectivity index is 2.08. The van der Waals surface area contributed by atoms with Crippen molar-refractivity contribution in [2.75, 3.05) is 17.6 Å². The molecule has 0 saturated carbocycles. The Labute approximate surface area is 137 Å². The monoisotopic (exact) mass is 333 g/mol. The minimum absolute atomic E-state index is 0.0152. The Morgan fingerprint density at radius 2 is 1.91 bits per heavy atom. The Morgan fingerprint density at radius 3 is 2.57 bits per heavy atom. The molecule has 0 aliphatic heterocycles. The molecule has 8 nitrogen and oxygen atoms in total. The van der Waals surface area contributed by atoms with Gasteiger partial charge in [-0.1, -0.05) is 41.9 Å². The van der Waals surface area contributed by atoms with Gasteiger partial charge in [0.2, 0.25) is 0 Å². The number of anilines is 2. The van der Waals surface area contributed by atoms with E-state index in [1.807, 2.05) is 30.3 Å². The van der Waals surface area contributed by atoms with Gasteiger partial charge in [-0.15, -0.1) is 0 Å². The van der Waals surface area contributed by atoms with E-state index in [1.54, 1.807) is 0 Å². The molecule has 0 fully saturated rings. The topological polar surface area (TPSA) is 145 Å². The first-order valence-corrected chi connectivity index (χ1v) is 7.10. The highest BCUT2D eigenvalue weighted by molar-refractivity contribution is 6.32. The first-order chi connectivity index (χ1) is 11.0. The number of aliphatic imine (C=N–C) groups is 1. The maximum atomic E-state index is 11.7. The SMILES string of the molecule is NC(N)=NC(=O)c1nc(Cl)c(NCCc2ccccc2)nc1N. The number of nitrogens with one attached hydrogen (secondary N) is 1. The smallest absolute Gasteiger partial charge is 0.302 e. The van der Waals surface area contributed by atoms with Crippen molar-refractivity contribution >= 4 is 35.1 Å². The third kappa shape index (κ3) is 4.55. The highest BCUT2D eigenvalue weighted by atomic mass is 35.5. The summed E-state index contributed by atoms with van der Waals surface area (Å²) in [4.78, 5) is 23.0. The number of hydrogen-bond donors (Lipinski definition) is 4. The van der Waals surface area contributed by atoms with Gasteiger partial charge in [0.05, 0.1) is 0 Å². The fraction of sp³-hybridized carbons (Fsp3) is 0.143. The second-order valence-corrected chi connectivity index (χ2v) is 4.96. The summed E-state index contributed by atoms with van der Waals surface area (Å²) >= 11 is 6.01. The summed E-state index contributed by atoms with van der Waals surface area (Å²) in [5, 5.41) is 3.04. The summed E-state index contributed by atoms with van der Waals surface area (Å²) < 4.78 is 0. The van der Waals surface area contributed by atoms with Crippen molar-refractivity contribution in [2.45, 2.75) is 6.42 Å². The summed E-state index contributed by atoms with van der Waals surface area (Å²) in [6.07, 6.45) is 0.771. The van der Waals surface area contributed by atoms with Crippen molar-refractivity contribution in [1.29, 1.82) is 0 Å². The summed E-state index contributed by atoms with van der Waals surface area (Å²) in [6, 6.07) is 9.90. The number of amides is 1. The molecule has 1 aromatic heterocycles. The van der Waals surface area contributed by atoms with Gasteiger partial charge in [0, 0.05) is 6.54 Å². The van der Waals surface area contributed by atoms with E-state index in [2.05, 4.69) is 20.3 Å². The van der Waals surface area contributed by atoms with Gasteiger partial charge in [-0.05, 0) is 12.0 Å². The van der Waals surface area contributed by atoms with E-state index < -0.39 is 11.9 Å². The zero-order valence-corrected chi connectivity index (χ0v) is 12.9. The van der Waals surface area contributed by atoms with Gasteiger partial charge in [0.15, 0.2) is 28.4 Å². The molecule has 2 rings (SSSR count). The van der Waals surface area contributed by atoms with Crippen LogP contribution in [0.1, 0.15) is 16.1 Å². The van der Waals surface area contributed by atoms with E-state index >= 15 is 0 Å². The lowest BCUT2D eigenvalue weighted by Gasteiger charge is -2.09. The molecule has 0 spiro atoms. The standard InChI is InChI=1S/C14H16ClN7O/c15-10-12(19-7-6-8-4-2-1-3-5-8)21-11(16)9(20-10)13(23)22-14(17)18/h1-5H,6-7H2,(H3,16,19,21)(H4,17,18,22,23). The number of carbonyl (C=O) groups is 1. The molecule has 0 atom stereocenters. The van der Waals surface area contributed by atoms with Gasteiger partial charge in [-0.25, -0.2) is 9.97 Å². The molecule has 0 radical (unpaired) electrons. The van der Waals surface area contributed by atoms with Crippen LogP contribution in [-0.2, 0) is 6.42 Å². The Hall–Kier alpha value is -2.87. The minimum Gasteiger partial charge on any atom is -0.382 e. The normalized spacial score (nSPS) is 10.1. The number of benzene rings is 1. The Bertz CT molecular complexity index is 729. The van der Waals surface area contributed by atoms with Gasteiger partial charge in [0.25, 0.3) is 0 Å². The third-order valence-electron chi connectivity index (χ3n) is 2.86. The third-order valence-corrected chi connectivity index (χ3v) is 3.13. The van der Waals surface area contributed by atoms with E-state index in [-0.39, 0.29) is 16.7 Å². The molecule has 1 aromatic carbocycles. The van der Waals surface area contributed by atoms with Crippen molar-refractivity contribution in [1.82, 2.24) is 9.97 Å². The highest BCUT2D eigenvalue weighted by Crippen LogP contribution is 2.21. The van der Waals surface area contributed by atoms with Gasteiger partial charge in [-0.2, -0.15) is 4.99 Å². The zero-order chi connectivity index (χ0) is 16.8. The fourth-order valence-electron chi connectivity index (χ4n) is 1.84. The molecule has 1 amide bonds. The lowest BCUT2D eigenvalue weighted by Crippen LogP contribution is -2.25. The molecular formula is C14H16ClN7O. The number of carbonyl (C=O) groups excluding carboxylic acids is 1. The summed E-state index contributed by atoms with van der Waals surface area (Å²) in [5.74, 6) is -1.00. The van der Waals surface area contributed by atoms with Crippen LogP contribution in [0.5, 0.6) is 0 Å². The van der Waals surface area contributed by atoms with Crippen LogP contribution in [0.3, 0.4) is 0 Å². The lowest BCUT2D eigenvalue weighted by molar-refractivity contribution is 0.0998. The zero-order valence-electron chi connectivity index (χ0n) is 12.2. The highest BCUT2D eigenvalue weighted by Gasteiger charge is 2.16. The molecule has 9 heteroatoms. The fourth-order valence-corrected chi connectivity index (χ4v) is 2.03. The number of nitrogens with zero attached hydrogens (tertiary/aromatic N) is 3. The molecule has 0 unspecified atom stereocenters. The number of nitrogens with two attached hydrogens (primary N) is 3. The molecule has 1 heterocycles. The summed E-state index contributed by atoms with van der Waals surface area (Å²) in [6.45, 7) is 0.582. The molecular weight excluding hydrogens is 318 g/mol. The predicted octanol–water partition coefficient (Wildman–Crippen LogP) is 0.780. The number of hydrogen-bond acceptors (Lipinski definition) is 5. The minimum atomic E-state index is -0.798. The van der Waals surface area contributed by atoms with Crippen LogP contribution in [0.25, 0.3) is 0 Å². The second kappa shape index (κ2) is 7.41. The second-order valence-electron chi connectivity index (χ2n) is 4.60. The Morgan fingerprint density at radius 1 is 1.22 bits per heavy atom. The number of aromatic nitrogens is 2. The van der Waals surface area contributed by atoms with Gasteiger partial charge in [-0.3, -0.25) is 4.79 Å². The predicted molar refractivity (Wildman–Crippen MR) is 90.2 cm³/mol. The average Bonchev–Trinajstić information content (AvgIpc) is 2.50. The largest absolute Gasteiger partial charge is 0.382 e. The first kappa shape index (κ1) is 16.5. The summed E-state index contributed by atoms with van der Waals surface area (Å²) in [5.41, 5.74) is 17.0. The van der Waals surface area contributed by atoms with E-state index in [9.17, 15) is 4.79 Å². The van der Waals surface area contributed by atoms with Crippen LogP contribution in [0, 0.1) is 0 Å². The molecule has 0 saturated heterocycles. The van der Waals surface area contributed by atoms with Crippen LogP contribution in [0.4, 0.5) is 11.6 Å². The van der Waals surface area contributed by atoms with Crippen molar-refractivity contribution in [3.63, 3.8) is 0 Å². The van der Waals surface area contributed by atoms with E-state index in [0.29, 0.717) is 12.4 Å². The lowest BCUT2D eigenvalue weighted by atomic mass is 10.1. The van der Waals surface area contributed by atoms with Gasteiger partial charge in [0.1, 0.15) is 0 Å². The molecule has 0 bridgehead atoms. The van der Waals surface area contributed by atoms with Crippen LogP contribution in [0.15, 0.2) is 35.3 Å². The molecule has 2 aromatic rings. The molecule has 120 valence electrons. The van der Waals surface area contributed by atoms with Crippen molar-refractivity contribution in [2.24, 2.45) is 16.5 Å². The number of rotatable bonds is 5. The Kier molecular flexibility index (Phi) is 5.32. The van der Waals surface area contributed by atoms with E-state index in [0.717, 1.165) is 12.0 Å². The van der Waals surface area contributed by atoms with Crippen molar-refractivity contribution in [3.8, 4) is 0 Å². The molecule has 23 heavy (non-hydrogen) atoms. The number of halogens is 1. The van der Waals surface area contributed by atoms with Crippen LogP contribution in [0.2, 0.25) is 5.15 Å². The molecule has 0 aliphatic carbocycles. The van der Waals surface area contributed by atoms with Gasteiger partial charge < -0.3 is 22.5 Å². The van der Waals surface area contributed by atoms with Crippen LogP contribution in [-0.4, -0.2) is 28.4 Å². The summed E-state index contributed by atoms with van der Waals surface area (Å²) in [7, 11) is 0. The molecule has 7 N–H and O–H groups in total. The quantitative estimate of drug-likeness (QED) is 0.467. The van der Waals surface area contributed by atoms with E-state index in [4.69, 9.17) is 28.8 Å². The van der Waals surface area contributed by atoms with Crippen molar-refractivity contribution < 1.29 is 4.79 Å². The van der Waals surface area contributed by atoms with Gasteiger partial charge >= 0.3 is 5.91 Å². The van der Waals surface area contributed by atoms with Crippen molar-refractivity contribution in [3.05, 3.63) is 46.7 Å². The number of nitrogen functional groups attached to an aromatic ring is 1. The van der Waals surface area contributed by atoms with E-state index in [1.165, 1.54) is 0 Å². The maximum Gasteiger partial charge on any atom is 0.302 e. The number of guanidine groups is 1. The average molecular weight is 334 g/mol. The first-order valence-electron chi connectivity index (χ1n) is 6.72. The molecule has 0 aliphatic rings. The van der Waals surface area contributed by atoms with Crippen LogP contribution < -0.4 is 22.5 Å².